The third kappa shape index (κ3) is 1.73. The Morgan fingerprint density at radius 1 is 1.00 bits per heavy atom. The first-order valence-electron chi connectivity index (χ1n) is 4.31. The van der Waals surface area contributed by atoms with E-state index in [-0.39, 0.29) is 4.90 Å². The highest BCUT2D eigenvalue weighted by Gasteiger charge is 2.15. The summed E-state index contributed by atoms with van der Waals surface area (Å²) in [6, 6.07) is 12.2. The zero-order chi connectivity index (χ0) is 10.9. The van der Waals surface area contributed by atoms with E-state index in [0.717, 1.165) is 5.39 Å². The lowest BCUT2D eigenvalue weighted by atomic mass is 10.1. The van der Waals surface area contributed by atoms with Crippen molar-refractivity contribution in [3.8, 4) is 0 Å². The molecule has 0 atom stereocenters. The van der Waals surface area contributed by atoms with Gasteiger partial charge in [0, 0.05) is 5.39 Å². The molecule has 15 heavy (non-hydrogen) atoms. The van der Waals surface area contributed by atoms with Crippen LogP contribution in [-0.2, 0) is 14.3 Å². The maximum atomic E-state index is 11.5. The highest BCUT2D eigenvalue weighted by atomic mass is 32.2. The van der Waals surface area contributed by atoms with Crippen molar-refractivity contribution in [3.63, 3.8) is 0 Å². The molecule has 0 bridgehead atoms. The van der Waals surface area contributed by atoms with Crippen LogP contribution in [0.4, 0.5) is 0 Å². The number of fused-ring (bicyclic) bond motifs is 1. The molecule has 3 nitrogen and oxygen atoms in total. The van der Waals surface area contributed by atoms with Gasteiger partial charge in [-0.2, -0.15) is 8.42 Å². The van der Waals surface area contributed by atoms with Crippen molar-refractivity contribution in [3.05, 3.63) is 49.6 Å². The molecule has 2 aromatic carbocycles. The van der Waals surface area contributed by atoms with Crippen LogP contribution in [0.1, 0.15) is 0 Å². The zero-order valence-electron chi connectivity index (χ0n) is 7.88. The molecule has 1 radical (unpaired) electrons. The molecule has 0 N–H and O–H groups in total. The molecule has 0 fully saturated rings. The largest absolute Gasteiger partial charge is 0.297 e. The highest BCUT2D eigenvalue weighted by Crippen LogP contribution is 2.23. The molecule has 0 amide bonds. The Balaban J connectivity index is 2.83. The van der Waals surface area contributed by atoms with Gasteiger partial charge in [0.05, 0.1) is 7.11 Å². The number of hydrogen-bond donors (Lipinski definition) is 0. The first kappa shape index (κ1) is 10.1. The van der Waals surface area contributed by atoms with Crippen LogP contribution >= 0.6 is 0 Å². The molecule has 0 heterocycles. The lowest BCUT2D eigenvalue weighted by molar-refractivity contribution is 0.439. The predicted octanol–water partition coefficient (Wildman–Crippen LogP) is 2.34. The molecular weight excluding hydrogens is 212 g/mol. The highest BCUT2D eigenvalue weighted by molar-refractivity contribution is 7.87. The van der Waals surface area contributed by atoms with Gasteiger partial charge in [0.15, 0.2) is 0 Å². The monoisotopic (exact) mass is 221 g/mol. The molecule has 0 aliphatic rings. The van der Waals surface area contributed by atoms with Crippen LogP contribution in [0.2, 0.25) is 0 Å². The van der Waals surface area contributed by atoms with Gasteiger partial charge in [-0.25, -0.2) is 0 Å². The zero-order valence-corrected chi connectivity index (χ0v) is 8.70. The van der Waals surface area contributed by atoms with Crippen molar-refractivity contribution in [1.29, 1.82) is 0 Å². The van der Waals surface area contributed by atoms with Crippen molar-refractivity contribution in [2.45, 2.75) is 4.90 Å². The van der Waals surface area contributed by atoms with Gasteiger partial charge in [0.2, 0.25) is 0 Å². The van der Waals surface area contributed by atoms with Crippen LogP contribution in [0, 0.1) is 7.11 Å². The quantitative estimate of drug-likeness (QED) is 0.731. The summed E-state index contributed by atoms with van der Waals surface area (Å²) in [6.45, 7) is 0. The summed E-state index contributed by atoms with van der Waals surface area (Å²) >= 11 is 0. The van der Waals surface area contributed by atoms with E-state index in [0.29, 0.717) is 5.39 Å². The fourth-order valence-corrected chi connectivity index (χ4v) is 2.30. The Morgan fingerprint density at radius 3 is 2.40 bits per heavy atom. The smallest absolute Gasteiger partial charge is 0.264 e. The van der Waals surface area contributed by atoms with Crippen LogP contribution in [-0.4, -0.2) is 8.42 Å². The first-order chi connectivity index (χ1) is 7.15. The Labute approximate surface area is 88.4 Å². The minimum absolute atomic E-state index is 0.149. The SMILES string of the molecule is [CH2]OS(=O)(=O)c1cccc2ccccc12. The lowest BCUT2D eigenvalue weighted by Gasteiger charge is -2.05. The second-order valence-corrected chi connectivity index (χ2v) is 4.63. The van der Waals surface area contributed by atoms with Gasteiger partial charge in [0.1, 0.15) is 4.90 Å². The Morgan fingerprint density at radius 2 is 1.67 bits per heavy atom. The molecule has 0 saturated carbocycles. The third-order valence-corrected chi connectivity index (χ3v) is 3.38. The van der Waals surface area contributed by atoms with E-state index in [9.17, 15) is 8.42 Å². The average Bonchev–Trinajstić information content (AvgIpc) is 2.28. The number of rotatable bonds is 2. The van der Waals surface area contributed by atoms with Gasteiger partial charge < -0.3 is 0 Å². The predicted molar refractivity (Wildman–Crippen MR) is 57.6 cm³/mol. The van der Waals surface area contributed by atoms with Gasteiger partial charge >= 0.3 is 0 Å². The first-order valence-corrected chi connectivity index (χ1v) is 5.72. The van der Waals surface area contributed by atoms with E-state index in [1.54, 1.807) is 18.2 Å². The molecule has 4 heteroatoms. The summed E-state index contributed by atoms with van der Waals surface area (Å²) in [5.74, 6) is 0. The Kier molecular flexibility index (Phi) is 2.46. The lowest BCUT2D eigenvalue weighted by Crippen LogP contribution is -2.01. The molecule has 2 aromatic rings. The molecular formula is C11H9O3S. The number of hydrogen-bond acceptors (Lipinski definition) is 3. The summed E-state index contributed by atoms with van der Waals surface area (Å²) in [6.07, 6.45) is 0. The maximum absolute atomic E-state index is 11.5. The summed E-state index contributed by atoms with van der Waals surface area (Å²) in [4.78, 5) is 0.149. The molecule has 0 spiro atoms. The Hall–Kier alpha value is -1.39. The molecule has 2 rings (SSSR count). The van der Waals surface area contributed by atoms with E-state index in [1.165, 1.54) is 6.07 Å². The van der Waals surface area contributed by atoms with Gasteiger partial charge in [-0.05, 0) is 11.5 Å². The topological polar surface area (TPSA) is 43.4 Å². The minimum atomic E-state index is -3.74. The minimum Gasteiger partial charge on any atom is -0.264 e. The van der Waals surface area contributed by atoms with Gasteiger partial charge in [-0.3, -0.25) is 4.18 Å². The summed E-state index contributed by atoms with van der Waals surface area (Å²) in [5.41, 5.74) is 0. The van der Waals surface area contributed by atoms with E-state index >= 15 is 0 Å². The van der Waals surface area contributed by atoms with E-state index in [1.807, 2.05) is 18.2 Å². The van der Waals surface area contributed by atoms with Crippen LogP contribution in [0.3, 0.4) is 0 Å². The van der Waals surface area contributed by atoms with Gasteiger partial charge in [0.25, 0.3) is 10.1 Å². The Bertz CT molecular complexity index is 582. The molecule has 0 saturated heterocycles. The fourth-order valence-electron chi connectivity index (χ4n) is 1.48. The fraction of sp³-hybridized carbons (Fsp3) is 0. The summed E-state index contributed by atoms with van der Waals surface area (Å²) in [5, 5.41) is 1.50. The molecule has 0 aliphatic carbocycles. The van der Waals surface area contributed by atoms with Crippen molar-refractivity contribution in [1.82, 2.24) is 0 Å². The third-order valence-electron chi connectivity index (χ3n) is 2.17. The number of benzene rings is 2. The van der Waals surface area contributed by atoms with Crippen LogP contribution in [0.5, 0.6) is 0 Å². The average molecular weight is 221 g/mol. The van der Waals surface area contributed by atoms with Crippen molar-refractivity contribution >= 4 is 20.9 Å². The molecule has 77 valence electrons. The molecule has 0 aliphatic heterocycles. The van der Waals surface area contributed by atoms with Crippen LogP contribution in [0.25, 0.3) is 10.8 Å². The second-order valence-electron chi connectivity index (χ2n) is 3.05. The van der Waals surface area contributed by atoms with Crippen molar-refractivity contribution in [2.24, 2.45) is 0 Å². The second kappa shape index (κ2) is 3.64. The van der Waals surface area contributed by atoms with Gasteiger partial charge in [-0.1, -0.05) is 36.4 Å². The standard InChI is InChI=1S/C11H9O3S/c1-14-15(12,13)11-8-4-6-9-5-2-3-7-10(9)11/h2-8H,1H2. The summed E-state index contributed by atoms with van der Waals surface area (Å²) in [7, 11) is -0.783. The van der Waals surface area contributed by atoms with Crippen LogP contribution in [0.15, 0.2) is 47.4 Å². The molecule has 0 unspecified atom stereocenters. The normalized spacial score (nSPS) is 11.8. The van der Waals surface area contributed by atoms with Crippen LogP contribution < -0.4 is 0 Å². The summed E-state index contributed by atoms with van der Waals surface area (Å²) < 4.78 is 27.3. The maximum Gasteiger partial charge on any atom is 0.297 e. The van der Waals surface area contributed by atoms with Crippen molar-refractivity contribution < 1.29 is 12.6 Å². The van der Waals surface area contributed by atoms with E-state index in [4.69, 9.17) is 0 Å². The molecule has 0 aromatic heterocycles. The van der Waals surface area contributed by atoms with E-state index in [2.05, 4.69) is 11.3 Å². The van der Waals surface area contributed by atoms with Gasteiger partial charge in [-0.15, -0.1) is 0 Å². The van der Waals surface area contributed by atoms with E-state index < -0.39 is 10.1 Å². The van der Waals surface area contributed by atoms with Crippen molar-refractivity contribution in [2.75, 3.05) is 0 Å².